The average Bonchev–Trinajstić information content (AvgIpc) is 1.65. The Morgan fingerprint density at radius 3 is 2.14 bits per heavy atom. The second-order valence-electron chi connectivity index (χ2n) is 1.02. The minimum atomic E-state index is -1.23. The Kier molecular flexibility index (Phi) is 8.94. The van der Waals surface area contributed by atoms with Crippen LogP contribution in [0.5, 0.6) is 0 Å². The van der Waals surface area contributed by atoms with Crippen LogP contribution < -0.4 is 5.73 Å². The fourth-order valence-corrected chi connectivity index (χ4v) is 0.0745. The molecule has 4 heteroatoms. The van der Waals surface area contributed by atoms with Crippen LogP contribution in [-0.4, -0.2) is 24.4 Å². The lowest BCUT2D eigenvalue weighted by Gasteiger charge is -1.93. The van der Waals surface area contributed by atoms with Crippen LogP contribution in [0.4, 0.5) is 4.39 Å². The molecule has 0 aromatic rings. The molecule has 0 rings (SSSR count). The summed E-state index contributed by atoms with van der Waals surface area (Å²) < 4.78 is 11.5. The van der Waals surface area contributed by atoms with Crippen LogP contribution in [0.25, 0.3) is 0 Å². The standard InChI is InChI=1S/C3H8FNO.ClH/c4-3(1-5)2-6;/h3,6H,1-2,5H2;1H/t3-;/m0./s1. The SMILES string of the molecule is Cl.NC[C@H](F)CO. The van der Waals surface area contributed by atoms with Crippen molar-refractivity contribution >= 4 is 12.4 Å². The number of rotatable bonds is 2. The summed E-state index contributed by atoms with van der Waals surface area (Å²) in [4.78, 5) is 0. The quantitative estimate of drug-likeness (QED) is 0.538. The minimum absolute atomic E-state index is 0. The van der Waals surface area contributed by atoms with Gasteiger partial charge in [0.05, 0.1) is 6.61 Å². The van der Waals surface area contributed by atoms with Crippen molar-refractivity contribution in [2.75, 3.05) is 13.2 Å². The van der Waals surface area contributed by atoms with Gasteiger partial charge >= 0.3 is 0 Å². The maximum atomic E-state index is 11.5. The van der Waals surface area contributed by atoms with E-state index in [9.17, 15) is 4.39 Å². The summed E-state index contributed by atoms with van der Waals surface area (Å²) in [5.74, 6) is 0. The molecule has 0 bridgehead atoms. The largest absolute Gasteiger partial charge is 0.393 e. The zero-order chi connectivity index (χ0) is 4.99. The lowest BCUT2D eigenvalue weighted by Crippen LogP contribution is -2.18. The zero-order valence-electron chi connectivity index (χ0n) is 3.80. The smallest absolute Gasteiger partial charge is 0.135 e. The maximum absolute atomic E-state index is 11.5. The van der Waals surface area contributed by atoms with Gasteiger partial charge in [0.25, 0.3) is 0 Å². The first kappa shape index (κ1) is 10.2. The first-order valence-electron chi connectivity index (χ1n) is 1.76. The third kappa shape index (κ3) is 6.14. The highest BCUT2D eigenvalue weighted by atomic mass is 35.5. The van der Waals surface area contributed by atoms with Gasteiger partial charge in [-0.1, -0.05) is 0 Å². The van der Waals surface area contributed by atoms with Crippen LogP contribution in [0, 0.1) is 0 Å². The van der Waals surface area contributed by atoms with E-state index in [-0.39, 0.29) is 19.0 Å². The molecular weight excluding hydrogens is 120 g/mol. The predicted molar refractivity (Wildman–Crippen MR) is 28.3 cm³/mol. The molecular formula is C3H9ClFNO. The summed E-state index contributed by atoms with van der Waals surface area (Å²) in [5, 5.41) is 7.88. The van der Waals surface area contributed by atoms with Gasteiger partial charge in [-0.2, -0.15) is 0 Å². The van der Waals surface area contributed by atoms with Gasteiger partial charge in [-0.15, -0.1) is 12.4 Å². The van der Waals surface area contributed by atoms with E-state index in [0.29, 0.717) is 0 Å². The Morgan fingerprint density at radius 1 is 1.71 bits per heavy atom. The summed E-state index contributed by atoms with van der Waals surface area (Å²) in [7, 11) is 0. The van der Waals surface area contributed by atoms with Crippen molar-refractivity contribution in [3.8, 4) is 0 Å². The molecule has 0 aromatic heterocycles. The molecule has 0 radical (unpaired) electrons. The van der Waals surface area contributed by atoms with E-state index in [1.165, 1.54) is 0 Å². The van der Waals surface area contributed by atoms with Crippen molar-refractivity contribution < 1.29 is 9.50 Å². The van der Waals surface area contributed by atoms with E-state index in [0.717, 1.165) is 0 Å². The number of halogens is 2. The van der Waals surface area contributed by atoms with Crippen molar-refractivity contribution in [3.05, 3.63) is 0 Å². The van der Waals surface area contributed by atoms with Gasteiger partial charge in [0.15, 0.2) is 0 Å². The first-order chi connectivity index (χ1) is 2.81. The van der Waals surface area contributed by atoms with Crippen LogP contribution in [-0.2, 0) is 0 Å². The van der Waals surface area contributed by atoms with E-state index in [1.54, 1.807) is 0 Å². The van der Waals surface area contributed by atoms with Crippen LogP contribution >= 0.6 is 12.4 Å². The van der Waals surface area contributed by atoms with E-state index in [4.69, 9.17) is 10.8 Å². The van der Waals surface area contributed by atoms with Crippen molar-refractivity contribution in [2.45, 2.75) is 6.17 Å². The molecule has 0 heterocycles. The molecule has 2 nitrogen and oxygen atoms in total. The van der Waals surface area contributed by atoms with Gasteiger partial charge in [-0.25, -0.2) is 4.39 Å². The number of nitrogens with two attached hydrogens (primary N) is 1. The molecule has 1 atom stereocenters. The second-order valence-corrected chi connectivity index (χ2v) is 1.02. The Morgan fingerprint density at radius 2 is 2.14 bits per heavy atom. The van der Waals surface area contributed by atoms with Crippen LogP contribution in [0.2, 0.25) is 0 Å². The highest BCUT2D eigenvalue weighted by Crippen LogP contribution is 1.79. The van der Waals surface area contributed by atoms with Gasteiger partial charge < -0.3 is 10.8 Å². The van der Waals surface area contributed by atoms with Gasteiger partial charge in [0, 0.05) is 6.54 Å². The third-order valence-corrected chi connectivity index (χ3v) is 0.454. The summed E-state index contributed by atoms with van der Waals surface area (Å²) in [6, 6.07) is 0. The van der Waals surface area contributed by atoms with Crippen LogP contribution in [0.15, 0.2) is 0 Å². The van der Waals surface area contributed by atoms with Crippen molar-refractivity contribution in [1.29, 1.82) is 0 Å². The van der Waals surface area contributed by atoms with E-state index in [1.807, 2.05) is 0 Å². The molecule has 46 valence electrons. The number of hydrogen-bond donors (Lipinski definition) is 2. The molecule has 0 saturated carbocycles. The second kappa shape index (κ2) is 6.14. The van der Waals surface area contributed by atoms with Crippen molar-refractivity contribution in [2.24, 2.45) is 5.73 Å². The van der Waals surface area contributed by atoms with Crippen LogP contribution in [0.3, 0.4) is 0 Å². The van der Waals surface area contributed by atoms with E-state index in [2.05, 4.69) is 0 Å². The normalized spacial score (nSPS) is 12.4. The Balaban J connectivity index is 0. The molecule has 0 saturated heterocycles. The topological polar surface area (TPSA) is 46.2 Å². The number of hydrogen-bond acceptors (Lipinski definition) is 2. The van der Waals surface area contributed by atoms with E-state index >= 15 is 0 Å². The monoisotopic (exact) mass is 129 g/mol. The lowest BCUT2D eigenvalue weighted by molar-refractivity contribution is 0.183. The van der Waals surface area contributed by atoms with Crippen LogP contribution in [0.1, 0.15) is 0 Å². The molecule has 3 N–H and O–H groups in total. The third-order valence-electron chi connectivity index (χ3n) is 0.454. The molecule has 0 aliphatic carbocycles. The highest BCUT2D eigenvalue weighted by Gasteiger charge is 1.95. The molecule has 0 aliphatic heterocycles. The molecule has 0 aliphatic rings. The molecule has 0 aromatic carbocycles. The summed E-state index contributed by atoms with van der Waals surface area (Å²) in [6.45, 7) is -0.549. The van der Waals surface area contributed by atoms with Gasteiger partial charge in [0.2, 0.25) is 0 Å². The van der Waals surface area contributed by atoms with Gasteiger partial charge in [-0.05, 0) is 0 Å². The molecule has 0 spiro atoms. The maximum Gasteiger partial charge on any atom is 0.135 e. The number of aliphatic hydroxyl groups is 1. The summed E-state index contributed by atoms with van der Waals surface area (Å²) in [5.41, 5.74) is 4.75. The zero-order valence-corrected chi connectivity index (χ0v) is 4.62. The molecule has 0 fully saturated rings. The minimum Gasteiger partial charge on any atom is -0.393 e. The highest BCUT2D eigenvalue weighted by molar-refractivity contribution is 5.85. The fraction of sp³-hybridized carbons (Fsp3) is 1.00. The van der Waals surface area contributed by atoms with Gasteiger partial charge in [-0.3, -0.25) is 0 Å². The summed E-state index contributed by atoms with van der Waals surface area (Å²) in [6.07, 6.45) is -1.23. The predicted octanol–water partition coefficient (Wildman–Crippen LogP) is -0.303. The molecule has 7 heavy (non-hydrogen) atoms. The number of alkyl halides is 1. The molecule has 0 amide bonds. The average molecular weight is 130 g/mol. The Hall–Kier alpha value is 0.140. The molecule has 0 unspecified atom stereocenters. The van der Waals surface area contributed by atoms with Crippen molar-refractivity contribution in [3.63, 3.8) is 0 Å². The fourth-order valence-electron chi connectivity index (χ4n) is 0.0745. The Bertz CT molecular complexity index is 34.1. The lowest BCUT2D eigenvalue weighted by atomic mass is 10.4. The number of aliphatic hydroxyl groups excluding tert-OH is 1. The van der Waals surface area contributed by atoms with E-state index < -0.39 is 12.8 Å². The van der Waals surface area contributed by atoms with Gasteiger partial charge in [0.1, 0.15) is 6.17 Å². The first-order valence-corrected chi connectivity index (χ1v) is 1.76. The Labute approximate surface area is 47.9 Å². The summed E-state index contributed by atoms with van der Waals surface area (Å²) >= 11 is 0. The van der Waals surface area contributed by atoms with Crippen molar-refractivity contribution in [1.82, 2.24) is 0 Å².